The summed E-state index contributed by atoms with van der Waals surface area (Å²) in [5.74, 6) is 1.65. The summed E-state index contributed by atoms with van der Waals surface area (Å²) in [5.41, 5.74) is 1.14. The van der Waals surface area contributed by atoms with E-state index in [1.807, 2.05) is 29.9 Å². The van der Waals surface area contributed by atoms with Gasteiger partial charge in [-0.15, -0.1) is 5.10 Å². The van der Waals surface area contributed by atoms with Gasteiger partial charge < -0.3 is 4.57 Å². The van der Waals surface area contributed by atoms with Crippen LogP contribution >= 0.6 is 11.3 Å². The van der Waals surface area contributed by atoms with E-state index in [-0.39, 0.29) is 11.9 Å². The molecule has 136 valence electrons. The van der Waals surface area contributed by atoms with Crippen LogP contribution in [-0.4, -0.2) is 25.7 Å². The lowest BCUT2D eigenvalue weighted by atomic mass is 9.89. The molecule has 3 aromatic heterocycles. The maximum absolute atomic E-state index is 12.6. The highest BCUT2D eigenvalue weighted by molar-refractivity contribution is 7.08. The number of rotatable bonds is 6. The van der Waals surface area contributed by atoms with E-state index in [1.165, 1.54) is 19.3 Å². The van der Waals surface area contributed by atoms with Crippen LogP contribution < -0.4 is 5.32 Å². The zero-order valence-corrected chi connectivity index (χ0v) is 15.4. The molecule has 1 aliphatic rings. The lowest BCUT2D eigenvalue weighted by Crippen LogP contribution is -2.20. The third kappa shape index (κ3) is 3.88. The summed E-state index contributed by atoms with van der Waals surface area (Å²) in [6, 6.07) is 6.00. The molecule has 0 aliphatic heterocycles. The Kier molecular flexibility index (Phi) is 5.15. The molecule has 2 N–H and O–H groups in total. The summed E-state index contributed by atoms with van der Waals surface area (Å²) in [6.07, 6.45) is 10.4. The quantitative estimate of drug-likeness (QED) is 0.679. The van der Waals surface area contributed by atoms with Gasteiger partial charge in [0.25, 0.3) is 0 Å². The summed E-state index contributed by atoms with van der Waals surface area (Å²) in [7, 11) is 0. The molecule has 1 amide bonds. The number of hydrogen-bond donors (Lipinski definition) is 2. The van der Waals surface area contributed by atoms with E-state index >= 15 is 0 Å². The molecule has 1 unspecified atom stereocenters. The fraction of sp³-hybridized carbons (Fsp3) is 0.421. The van der Waals surface area contributed by atoms with E-state index in [0.29, 0.717) is 18.3 Å². The second-order valence-electron chi connectivity index (χ2n) is 6.83. The Labute approximate surface area is 156 Å². The minimum absolute atomic E-state index is 0.0204. The molecule has 26 heavy (non-hydrogen) atoms. The number of anilines is 1. The first-order valence-electron chi connectivity index (χ1n) is 9.16. The Hall–Kier alpha value is -2.41. The van der Waals surface area contributed by atoms with E-state index in [1.54, 1.807) is 11.3 Å². The van der Waals surface area contributed by atoms with Gasteiger partial charge in [0, 0.05) is 18.3 Å². The van der Waals surface area contributed by atoms with E-state index < -0.39 is 0 Å². The first-order valence-corrected chi connectivity index (χ1v) is 10.1. The van der Waals surface area contributed by atoms with Gasteiger partial charge in [-0.05, 0) is 47.4 Å². The summed E-state index contributed by atoms with van der Waals surface area (Å²) in [5, 5.41) is 14.2. The lowest BCUT2D eigenvalue weighted by Gasteiger charge is -2.18. The highest BCUT2D eigenvalue weighted by Gasteiger charge is 2.21. The van der Waals surface area contributed by atoms with Gasteiger partial charge in [0.15, 0.2) is 0 Å². The van der Waals surface area contributed by atoms with Crippen LogP contribution in [0.25, 0.3) is 0 Å². The van der Waals surface area contributed by atoms with Gasteiger partial charge in [-0.2, -0.15) is 16.3 Å². The van der Waals surface area contributed by atoms with E-state index in [9.17, 15) is 4.79 Å². The average Bonchev–Trinajstić information content (AvgIpc) is 3.42. The van der Waals surface area contributed by atoms with Crippen molar-refractivity contribution in [3.63, 3.8) is 0 Å². The van der Waals surface area contributed by atoms with Gasteiger partial charge in [0.1, 0.15) is 5.82 Å². The second kappa shape index (κ2) is 7.86. The molecular formula is C19H23N5OS. The van der Waals surface area contributed by atoms with Crippen LogP contribution in [0.15, 0.2) is 41.4 Å². The molecule has 0 aromatic carbocycles. The largest absolute Gasteiger partial charge is 0.346 e. The summed E-state index contributed by atoms with van der Waals surface area (Å²) in [6.45, 7) is 0. The molecular weight excluding hydrogens is 346 g/mol. The van der Waals surface area contributed by atoms with Crippen molar-refractivity contribution in [1.82, 2.24) is 19.7 Å². The van der Waals surface area contributed by atoms with Crippen LogP contribution in [0.4, 0.5) is 5.95 Å². The van der Waals surface area contributed by atoms with E-state index in [0.717, 1.165) is 24.2 Å². The fourth-order valence-electron chi connectivity index (χ4n) is 3.66. The third-order valence-electron chi connectivity index (χ3n) is 5.04. The Balaban J connectivity index is 1.42. The molecule has 4 rings (SSSR count). The molecule has 1 saturated carbocycles. The van der Waals surface area contributed by atoms with Crippen molar-refractivity contribution in [1.29, 1.82) is 0 Å². The molecule has 1 fully saturated rings. The van der Waals surface area contributed by atoms with Crippen molar-refractivity contribution in [2.75, 3.05) is 5.32 Å². The topological polar surface area (TPSA) is 75.6 Å². The number of H-pyrrole nitrogens is 1. The highest BCUT2D eigenvalue weighted by Crippen LogP contribution is 2.31. The highest BCUT2D eigenvalue weighted by atomic mass is 32.1. The maximum Gasteiger partial charge on any atom is 0.248 e. The summed E-state index contributed by atoms with van der Waals surface area (Å²) in [4.78, 5) is 17.1. The number of nitrogens with one attached hydrogen (secondary N) is 2. The molecule has 1 atom stereocenters. The summed E-state index contributed by atoms with van der Waals surface area (Å²) < 4.78 is 2.06. The first kappa shape index (κ1) is 17.0. The molecule has 0 bridgehead atoms. The Morgan fingerprint density at radius 1 is 1.31 bits per heavy atom. The van der Waals surface area contributed by atoms with E-state index in [4.69, 9.17) is 0 Å². The second-order valence-corrected chi connectivity index (χ2v) is 7.61. The number of aromatic nitrogens is 4. The van der Waals surface area contributed by atoms with Gasteiger partial charge in [0.05, 0.1) is 12.5 Å². The number of carbonyl (C=O) groups is 1. The minimum atomic E-state index is -0.0795. The minimum Gasteiger partial charge on any atom is -0.346 e. The fourth-order valence-corrected chi connectivity index (χ4v) is 4.36. The maximum atomic E-state index is 12.6. The SMILES string of the molecule is O=C(CC(c1ccsc1)n1cccc1)Nc1n[nH]c(C2CCCCC2)n1. The average molecular weight is 369 g/mol. The molecule has 0 spiro atoms. The summed E-state index contributed by atoms with van der Waals surface area (Å²) >= 11 is 1.64. The number of amides is 1. The van der Waals surface area contributed by atoms with Crippen LogP contribution in [0.1, 0.15) is 61.9 Å². The predicted molar refractivity (Wildman–Crippen MR) is 102 cm³/mol. The van der Waals surface area contributed by atoms with Crippen molar-refractivity contribution in [3.05, 3.63) is 52.7 Å². The van der Waals surface area contributed by atoms with Gasteiger partial charge in [-0.25, -0.2) is 0 Å². The first-order chi connectivity index (χ1) is 12.8. The molecule has 3 aromatic rings. The molecule has 1 aliphatic carbocycles. The van der Waals surface area contributed by atoms with Gasteiger partial charge in [-0.1, -0.05) is 19.3 Å². The number of thiophene rings is 1. The van der Waals surface area contributed by atoms with Crippen molar-refractivity contribution in [2.24, 2.45) is 0 Å². The Morgan fingerprint density at radius 2 is 2.12 bits per heavy atom. The van der Waals surface area contributed by atoms with E-state index in [2.05, 4.69) is 36.5 Å². The van der Waals surface area contributed by atoms with Crippen LogP contribution in [-0.2, 0) is 4.79 Å². The van der Waals surface area contributed by atoms with Gasteiger partial charge >= 0.3 is 0 Å². The third-order valence-corrected chi connectivity index (χ3v) is 5.74. The van der Waals surface area contributed by atoms with Crippen LogP contribution in [0.2, 0.25) is 0 Å². The molecule has 0 radical (unpaired) electrons. The Bertz CT molecular complexity index is 784. The monoisotopic (exact) mass is 369 g/mol. The Morgan fingerprint density at radius 3 is 2.85 bits per heavy atom. The zero-order chi connectivity index (χ0) is 17.8. The molecule has 6 nitrogen and oxygen atoms in total. The normalized spacial score (nSPS) is 16.5. The number of aromatic amines is 1. The lowest BCUT2D eigenvalue weighted by molar-refractivity contribution is -0.116. The molecule has 3 heterocycles. The number of carbonyl (C=O) groups excluding carboxylic acids is 1. The van der Waals surface area contributed by atoms with Crippen molar-refractivity contribution in [3.8, 4) is 0 Å². The number of hydrogen-bond acceptors (Lipinski definition) is 4. The smallest absolute Gasteiger partial charge is 0.248 e. The molecule has 7 heteroatoms. The number of nitrogens with zero attached hydrogens (tertiary/aromatic N) is 3. The van der Waals surface area contributed by atoms with Crippen molar-refractivity contribution < 1.29 is 4.79 Å². The predicted octanol–water partition coefficient (Wildman–Crippen LogP) is 4.33. The van der Waals surface area contributed by atoms with Gasteiger partial charge in [-0.3, -0.25) is 15.2 Å². The van der Waals surface area contributed by atoms with Crippen LogP contribution in [0.5, 0.6) is 0 Å². The van der Waals surface area contributed by atoms with Crippen molar-refractivity contribution in [2.45, 2.75) is 50.5 Å². The van der Waals surface area contributed by atoms with Crippen LogP contribution in [0.3, 0.4) is 0 Å². The standard InChI is InChI=1S/C19H23N5OS/c25-17(12-16(15-8-11-26-13-15)24-9-4-5-10-24)20-19-21-18(22-23-19)14-6-2-1-3-7-14/h4-5,8-11,13-14,16H,1-3,6-7,12H2,(H2,20,21,22,23,25). The van der Waals surface area contributed by atoms with Crippen molar-refractivity contribution >= 4 is 23.2 Å². The van der Waals surface area contributed by atoms with Gasteiger partial charge in [0.2, 0.25) is 11.9 Å². The zero-order valence-electron chi connectivity index (χ0n) is 14.6. The van der Waals surface area contributed by atoms with Crippen LogP contribution in [0, 0.1) is 0 Å². The molecule has 0 saturated heterocycles.